The van der Waals surface area contributed by atoms with E-state index >= 15 is 0 Å². The van der Waals surface area contributed by atoms with Crippen molar-refractivity contribution in [3.05, 3.63) is 10.6 Å². The third kappa shape index (κ3) is 4.32. The molecule has 0 aliphatic rings. The normalized spacial score (nSPS) is 10.9. The first kappa shape index (κ1) is 15.1. The highest BCUT2D eigenvalue weighted by atomic mass is 32.1. The molecule has 0 aliphatic carbocycles. The number of thiazole rings is 1. The van der Waals surface area contributed by atoms with E-state index in [-0.39, 0.29) is 10.8 Å². The van der Waals surface area contributed by atoms with E-state index in [0.29, 0.717) is 4.88 Å². The topological polar surface area (TPSA) is 106 Å². The number of anilines is 1. The van der Waals surface area contributed by atoms with Gasteiger partial charge in [0.25, 0.3) is 5.78 Å². The molecule has 104 valence electrons. The summed E-state index contributed by atoms with van der Waals surface area (Å²) >= 11 is 1.01. The molecule has 0 atom stereocenters. The average Bonchev–Trinajstić information content (AvgIpc) is 2.54. The fraction of sp³-hybridized carbons (Fsp3) is 0.455. The number of carbonyl (C=O) groups is 3. The SMILES string of the molecule is Cc1sc(NC(=O)OC(C)(C)C)nc1C(=O)C(=O)O. The number of carbonyl (C=O) groups excluding carboxylic acids is 2. The van der Waals surface area contributed by atoms with E-state index in [9.17, 15) is 14.4 Å². The standard InChI is InChI=1S/C11H14N2O5S/c1-5-6(7(14)8(15)16)12-9(19-5)13-10(17)18-11(2,3)4/h1-4H3,(H,15,16)(H,12,13,17). The second kappa shape index (κ2) is 5.35. The van der Waals surface area contributed by atoms with Crippen LogP contribution in [-0.4, -0.2) is 33.5 Å². The quantitative estimate of drug-likeness (QED) is 0.651. The van der Waals surface area contributed by atoms with Crippen LogP contribution in [0.1, 0.15) is 36.1 Å². The second-order valence-corrected chi connectivity index (χ2v) is 5.89. The first-order chi connectivity index (χ1) is 8.60. The number of aliphatic carboxylic acids is 1. The van der Waals surface area contributed by atoms with Gasteiger partial charge in [-0.05, 0) is 27.7 Å². The molecule has 0 saturated heterocycles. The second-order valence-electron chi connectivity index (χ2n) is 4.68. The third-order valence-corrected chi connectivity index (χ3v) is 2.70. The van der Waals surface area contributed by atoms with Crippen molar-refractivity contribution in [3.8, 4) is 0 Å². The summed E-state index contributed by atoms with van der Waals surface area (Å²) in [6.07, 6.45) is -0.712. The minimum Gasteiger partial charge on any atom is -0.475 e. The maximum Gasteiger partial charge on any atom is 0.413 e. The molecule has 1 rings (SSSR count). The van der Waals surface area contributed by atoms with Crippen LogP contribution in [0.25, 0.3) is 0 Å². The van der Waals surface area contributed by atoms with Crippen LogP contribution < -0.4 is 5.32 Å². The summed E-state index contributed by atoms with van der Waals surface area (Å²) in [5, 5.41) is 11.1. The smallest absolute Gasteiger partial charge is 0.413 e. The Kier molecular flexibility index (Phi) is 4.25. The van der Waals surface area contributed by atoms with Crippen LogP contribution in [0.2, 0.25) is 0 Å². The fourth-order valence-corrected chi connectivity index (χ4v) is 1.95. The molecule has 2 N–H and O–H groups in total. The summed E-state index contributed by atoms with van der Waals surface area (Å²) in [6, 6.07) is 0. The molecule has 0 spiro atoms. The Labute approximate surface area is 113 Å². The van der Waals surface area contributed by atoms with Crippen molar-refractivity contribution < 1.29 is 24.2 Å². The van der Waals surface area contributed by atoms with Crippen LogP contribution in [0.15, 0.2) is 0 Å². The highest BCUT2D eigenvalue weighted by Gasteiger charge is 2.23. The summed E-state index contributed by atoms with van der Waals surface area (Å²) < 4.78 is 5.01. The first-order valence-corrected chi connectivity index (χ1v) is 6.17. The number of nitrogens with one attached hydrogen (secondary N) is 1. The van der Waals surface area contributed by atoms with Crippen molar-refractivity contribution in [1.82, 2.24) is 4.98 Å². The third-order valence-electron chi connectivity index (χ3n) is 1.81. The molecule has 1 heterocycles. The Hall–Kier alpha value is -1.96. The van der Waals surface area contributed by atoms with Crippen molar-refractivity contribution in [1.29, 1.82) is 0 Å². The van der Waals surface area contributed by atoms with Crippen molar-refractivity contribution in [3.63, 3.8) is 0 Å². The Morgan fingerprint density at radius 3 is 2.37 bits per heavy atom. The van der Waals surface area contributed by atoms with Crippen LogP contribution in [0, 0.1) is 6.92 Å². The Morgan fingerprint density at radius 1 is 1.32 bits per heavy atom. The summed E-state index contributed by atoms with van der Waals surface area (Å²) in [4.78, 5) is 37.5. The lowest BCUT2D eigenvalue weighted by molar-refractivity contribution is -0.131. The van der Waals surface area contributed by atoms with Crippen LogP contribution in [0.4, 0.5) is 9.93 Å². The Bertz CT molecular complexity index is 530. The molecule has 1 aromatic heterocycles. The summed E-state index contributed by atoms with van der Waals surface area (Å²) in [7, 11) is 0. The predicted octanol–water partition coefficient (Wildman–Crippen LogP) is 2.07. The van der Waals surface area contributed by atoms with Crippen molar-refractivity contribution >= 4 is 34.3 Å². The lowest BCUT2D eigenvalue weighted by Crippen LogP contribution is -2.27. The monoisotopic (exact) mass is 286 g/mol. The number of hydrogen-bond acceptors (Lipinski definition) is 6. The van der Waals surface area contributed by atoms with Crippen LogP contribution in [-0.2, 0) is 9.53 Å². The van der Waals surface area contributed by atoms with Crippen LogP contribution in [0.3, 0.4) is 0 Å². The summed E-state index contributed by atoms with van der Waals surface area (Å²) in [6.45, 7) is 6.67. The highest BCUT2D eigenvalue weighted by molar-refractivity contribution is 7.16. The van der Waals surface area contributed by atoms with Gasteiger partial charge >= 0.3 is 12.1 Å². The lowest BCUT2D eigenvalue weighted by atomic mass is 10.2. The summed E-state index contributed by atoms with van der Waals surface area (Å²) in [5.74, 6) is -2.69. The zero-order valence-electron chi connectivity index (χ0n) is 10.9. The minimum absolute atomic E-state index is 0.122. The van der Waals surface area contributed by atoms with Gasteiger partial charge < -0.3 is 9.84 Å². The van der Waals surface area contributed by atoms with Gasteiger partial charge in [-0.1, -0.05) is 0 Å². The first-order valence-electron chi connectivity index (χ1n) is 5.35. The molecular formula is C11H14N2O5S. The van der Waals surface area contributed by atoms with Gasteiger partial charge in [0.1, 0.15) is 11.3 Å². The number of hydrogen-bond donors (Lipinski definition) is 2. The van der Waals surface area contributed by atoms with Gasteiger partial charge in [-0.2, -0.15) is 0 Å². The predicted molar refractivity (Wildman–Crippen MR) is 68.7 cm³/mol. The van der Waals surface area contributed by atoms with Crippen molar-refractivity contribution in [2.45, 2.75) is 33.3 Å². The molecule has 0 unspecified atom stereocenters. The number of aryl methyl sites for hydroxylation is 1. The van der Waals surface area contributed by atoms with Gasteiger partial charge in [-0.15, -0.1) is 11.3 Å². The molecular weight excluding hydrogens is 272 g/mol. The zero-order valence-corrected chi connectivity index (χ0v) is 11.8. The number of aromatic nitrogens is 1. The largest absolute Gasteiger partial charge is 0.475 e. The molecule has 0 fully saturated rings. The molecule has 0 aromatic carbocycles. The number of amides is 1. The molecule has 7 nitrogen and oxygen atoms in total. The van der Waals surface area contributed by atoms with E-state index in [1.165, 1.54) is 0 Å². The highest BCUT2D eigenvalue weighted by Crippen LogP contribution is 2.23. The van der Waals surface area contributed by atoms with Crippen molar-refractivity contribution in [2.75, 3.05) is 5.32 Å². The molecule has 19 heavy (non-hydrogen) atoms. The molecule has 1 amide bonds. The lowest BCUT2D eigenvalue weighted by Gasteiger charge is -2.18. The fourth-order valence-electron chi connectivity index (χ4n) is 1.15. The van der Waals surface area contributed by atoms with Gasteiger partial charge in [0.15, 0.2) is 5.13 Å². The zero-order chi connectivity index (χ0) is 14.8. The van der Waals surface area contributed by atoms with Gasteiger partial charge in [-0.3, -0.25) is 10.1 Å². The van der Waals surface area contributed by atoms with E-state index in [2.05, 4.69) is 10.3 Å². The van der Waals surface area contributed by atoms with Crippen molar-refractivity contribution in [2.24, 2.45) is 0 Å². The van der Waals surface area contributed by atoms with Gasteiger partial charge in [0, 0.05) is 4.88 Å². The van der Waals surface area contributed by atoms with E-state index in [4.69, 9.17) is 9.84 Å². The minimum atomic E-state index is -1.59. The van der Waals surface area contributed by atoms with E-state index in [0.717, 1.165) is 11.3 Å². The Morgan fingerprint density at radius 2 is 1.89 bits per heavy atom. The van der Waals surface area contributed by atoms with Gasteiger partial charge in [0.2, 0.25) is 0 Å². The number of ketones is 1. The maximum atomic E-state index is 11.5. The van der Waals surface area contributed by atoms with Crippen LogP contribution in [0.5, 0.6) is 0 Å². The molecule has 0 aliphatic heterocycles. The van der Waals surface area contributed by atoms with Gasteiger partial charge in [-0.25, -0.2) is 14.6 Å². The van der Waals surface area contributed by atoms with E-state index in [1.54, 1.807) is 27.7 Å². The van der Waals surface area contributed by atoms with E-state index in [1.807, 2.05) is 0 Å². The van der Waals surface area contributed by atoms with Crippen LogP contribution >= 0.6 is 11.3 Å². The number of rotatable bonds is 3. The van der Waals surface area contributed by atoms with E-state index < -0.39 is 23.4 Å². The Balaban J connectivity index is 2.82. The molecule has 1 aromatic rings. The maximum absolute atomic E-state index is 11.5. The average molecular weight is 286 g/mol. The molecule has 0 bridgehead atoms. The number of ether oxygens (including phenoxy) is 1. The van der Waals surface area contributed by atoms with Gasteiger partial charge in [0.05, 0.1) is 0 Å². The number of Topliss-reactive ketones (excluding diaryl/α,β-unsaturated/α-hetero) is 1. The molecule has 0 radical (unpaired) electrons. The number of carboxylic acids is 1. The molecule has 8 heteroatoms. The molecule has 0 saturated carbocycles. The summed E-state index contributed by atoms with van der Waals surface area (Å²) in [5.41, 5.74) is -0.834. The number of carboxylic acid groups (broad SMARTS) is 1. The number of nitrogens with zero attached hydrogens (tertiary/aromatic N) is 1.